The number of fused-ring (bicyclic) bond motifs is 1. The average molecular weight is 318 g/mol. The highest BCUT2D eigenvalue weighted by atomic mass is 16.1. The summed E-state index contributed by atoms with van der Waals surface area (Å²) >= 11 is 0. The summed E-state index contributed by atoms with van der Waals surface area (Å²) in [4.78, 5) is 25.3. The second kappa shape index (κ2) is 6.75. The van der Waals surface area contributed by atoms with Crippen molar-refractivity contribution < 1.29 is 14.2 Å². The first-order valence-corrected chi connectivity index (χ1v) is 8.11. The molecular formula is C21H20NO2+. The van der Waals surface area contributed by atoms with Crippen molar-refractivity contribution in [2.75, 3.05) is 0 Å². The summed E-state index contributed by atoms with van der Waals surface area (Å²) in [6.07, 6.45) is 1.83. The molecule has 1 heterocycles. The molecule has 3 rings (SSSR count). The molecule has 1 aromatic heterocycles. The highest BCUT2D eigenvalue weighted by Gasteiger charge is 2.26. The van der Waals surface area contributed by atoms with Crippen LogP contribution in [0.2, 0.25) is 0 Å². The molecule has 0 saturated heterocycles. The molecule has 0 N–H and O–H groups in total. The van der Waals surface area contributed by atoms with Crippen LogP contribution >= 0.6 is 0 Å². The van der Waals surface area contributed by atoms with E-state index in [0.717, 1.165) is 10.8 Å². The Bertz CT molecular complexity index is 898. The molecular weight excluding hydrogens is 298 g/mol. The number of aromatic nitrogens is 1. The smallest absolute Gasteiger partial charge is 0.257 e. The van der Waals surface area contributed by atoms with Crippen molar-refractivity contribution >= 4 is 22.3 Å². The molecule has 0 amide bonds. The van der Waals surface area contributed by atoms with E-state index in [1.165, 1.54) is 0 Å². The summed E-state index contributed by atoms with van der Waals surface area (Å²) in [6.45, 7) is 3.92. The SMILES string of the molecule is CC(C)C(=O)c1c2ccccc2cc[n+]1CC(=O)c1ccccc1. The summed E-state index contributed by atoms with van der Waals surface area (Å²) in [6, 6.07) is 18.9. The van der Waals surface area contributed by atoms with Crippen molar-refractivity contribution in [1.82, 2.24) is 0 Å². The van der Waals surface area contributed by atoms with Crippen LogP contribution in [0.3, 0.4) is 0 Å². The van der Waals surface area contributed by atoms with Gasteiger partial charge in [-0.1, -0.05) is 62.4 Å². The van der Waals surface area contributed by atoms with Crippen LogP contribution in [0.25, 0.3) is 10.8 Å². The molecule has 0 bridgehead atoms. The molecule has 0 unspecified atom stereocenters. The lowest BCUT2D eigenvalue weighted by Gasteiger charge is -2.08. The van der Waals surface area contributed by atoms with Gasteiger partial charge in [0.25, 0.3) is 5.69 Å². The van der Waals surface area contributed by atoms with E-state index in [1.54, 1.807) is 16.7 Å². The second-order valence-corrected chi connectivity index (χ2v) is 6.19. The van der Waals surface area contributed by atoms with Gasteiger partial charge in [0.15, 0.2) is 6.20 Å². The van der Waals surface area contributed by atoms with Crippen molar-refractivity contribution in [3.63, 3.8) is 0 Å². The Morgan fingerprint density at radius 1 is 0.917 bits per heavy atom. The van der Waals surface area contributed by atoms with Gasteiger partial charge in [0.1, 0.15) is 0 Å². The predicted octanol–water partition coefficient (Wildman–Crippen LogP) is 3.85. The third-order valence-corrected chi connectivity index (χ3v) is 4.10. The number of nitrogens with zero attached hydrogens (tertiary/aromatic N) is 1. The third kappa shape index (κ3) is 3.11. The molecule has 0 aliphatic rings. The van der Waals surface area contributed by atoms with Gasteiger partial charge in [-0.25, -0.2) is 0 Å². The van der Waals surface area contributed by atoms with Gasteiger partial charge in [0.2, 0.25) is 18.1 Å². The van der Waals surface area contributed by atoms with Crippen molar-refractivity contribution in [3.8, 4) is 0 Å². The molecule has 0 saturated carbocycles. The highest BCUT2D eigenvalue weighted by molar-refractivity contribution is 6.06. The fraction of sp³-hybridized carbons (Fsp3) is 0.190. The summed E-state index contributed by atoms with van der Waals surface area (Å²) in [5.41, 5.74) is 1.26. The van der Waals surface area contributed by atoms with Gasteiger partial charge in [-0.15, -0.1) is 0 Å². The van der Waals surface area contributed by atoms with Crippen molar-refractivity contribution in [2.24, 2.45) is 5.92 Å². The van der Waals surface area contributed by atoms with Crippen LogP contribution in [0.1, 0.15) is 34.7 Å². The summed E-state index contributed by atoms with van der Waals surface area (Å²) in [7, 11) is 0. The lowest BCUT2D eigenvalue weighted by atomic mass is 9.99. The number of ketones is 2. The minimum atomic E-state index is -0.131. The summed E-state index contributed by atoms with van der Waals surface area (Å²) in [5, 5.41) is 1.89. The zero-order valence-corrected chi connectivity index (χ0v) is 13.9. The normalized spacial score (nSPS) is 11.0. The minimum absolute atomic E-state index is 0.00585. The lowest BCUT2D eigenvalue weighted by Crippen LogP contribution is -2.44. The maximum Gasteiger partial charge on any atom is 0.257 e. The van der Waals surface area contributed by atoms with Crippen LogP contribution in [0, 0.1) is 5.92 Å². The Hall–Kier alpha value is -2.81. The highest BCUT2D eigenvalue weighted by Crippen LogP contribution is 2.18. The van der Waals surface area contributed by atoms with Crippen LogP contribution < -0.4 is 4.57 Å². The molecule has 0 atom stereocenters. The molecule has 120 valence electrons. The quantitative estimate of drug-likeness (QED) is 0.529. The maximum absolute atomic E-state index is 12.8. The Morgan fingerprint density at radius 3 is 2.29 bits per heavy atom. The van der Waals surface area contributed by atoms with E-state index in [-0.39, 0.29) is 24.0 Å². The monoisotopic (exact) mass is 318 g/mol. The average Bonchev–Trinajstić information content (AvgIpc) is 2.61. The standard InChI is InChI=1S/C21H20NO2/c1-15(2)21(24)20-18-11-7-6-8-16(18)12-13-22(20)14-19(23)17-9-4-3-5-10-17/h3-13,15H,14H2,1-2H3/q+1. The lowest BCUT2D eigenvalue weighted by molar-refractivity contribution is -0.683. The first-order chi connectivity index (χ1) is 11.6. The fourth-order valence-corrected chi connectivity index (χ4v) is 2.81. The number of Topliss-reactive ketones (excluding diaryl/α,β-unsaturated/α-hetero) is 2. The van der Waals surface area contributed by atoms with Gasteiger partial charge < -0.3 is 0 Å². The van der Waals surface area contributed by atoms with Crippen LogP contribution in [0.15, 0.2) is 66.9 Å². The number of hydrogen-bond donors (Lipinski definition) is 0. The molecule has 2 aromatic carbocycles. The Kier molecular flexibility index (Phi) is 4.52. The summed E-state index contributed by atoms with van der Waals surface area (Å²) in [5.74, 6) is -0.0877. The third-order valence-electron chi connectivity index (χ3n) is 4.10. The number of hydrogen-bond acceptors (Lipinski definition) is 2. The van der Waals surface area contributed by atoms with Gasteiger partial charge in [-0.05, 0) is 11.5 Å². The molecule has 3 heteroatoms. The predicted molar refractivity (Wildman–Crippen MR) is 94.1 cm³/mol. The Balaban J connectivity index is 2.09. The first-order valence-electron chi connectivity index (χ1n) is 8.11. The zero-order chi connectivity index (χ0) is 17.1. The van der Waals surface area contributed by atoms with Gasteiger partial charge >= 0.3 is 0 Å². The molecule has 0 aliphatic carbocycles. The number of pyridine rings is 1. The fourth-order valence-electron chi connectivity index (χ4n) is 2.81. The van der Waals surface area contributed by atoms with Gasteiger partial charge in [-0.3, -0.25) is 9.59 Å². The number of rotatable bonds is 5. The van der Waals surface area contributed by atoms with Crippen molar-refractivity contribution in [2.45, 2.75) is 20.4 Å². The maximum atomic E-state index is 12.8. The van der Waals surface area contributed by atoms with E-state index in [0.29, 0.717) is 11.3 Å². The topological polar surface area (TPSA) is 38.0 Å². The van der Waals surface area contributed by atoms with E-state index < -0.39 is 0 Å². The van der Waals surface area contributed by atoms with Crippen LogP contribution in [0.5, 0.6) is 0 Å². The molecule has 3 aromatic rings. The van der Waals surface area contributed by atoms with Gasteiger partial charge in [0, 0.05) is 17.5 Å². The molecule has 3 nitrogen and oxygen atoms in total. The zero-order valence-electron chi connectivity index (χ0n) is 13.9. The molecule has 0 radical (unpaired) electrons. The van der Waals surface area contributed by atoms with E-state index >= 15 is 0 Å². The van der Waals surface area contributed by atoms with E-state index in [4.69, 9.17) is 0 Å². The number of carbonyl (C=O) groups is 2. The van der Waals surface area contributed by atoms with E-state index in [9.17, 15) is 9.59 Å². The van der Waals surface area contributed by atoms with Gasteiger partial charge in [-0.2, -0.15) is 4.57 Å². The largest absolute Gasteiger partial charge is 0.287 e. The van der Waals surface area contributed by atoms with Crippen LogP contribution in [0.4, 0.5) is 0 Å². The Labute approximate surface area is 141 Å². The van der Waals surface area contributed by atoms with E-state index in [1.807, 2.05) is 68.6 Å². The van der Waals surface area contributed by atoms with Crippen molar-refractivity contribution in [3.05, 3.63) is 78.1 Å². The number of carbonyl (C=O) groups excluding carboxylic acids is 2. The molecule has 0 spiro atoms. The molecule has 0 aliphatic heterocycles. The van der Waals surface area contributed by atoms with Crippen LogP contribution in [-0.4, -0.2) is 11.6 Å². The molecule has 0 fully saturated rings. The Morgan fingerprint density at radius 2 is 1.58 bits per heavy atom. The van der Waals surface area contributed by atoms with Crippen LogP contribution in [-0.2, 0) is 6.54 Å². The first kappa shape index (κ1) is 16.1. The van der Waals surface area contributed by atoms with Gasteiger partial charge in [0.05, 0.1) is 5.39 Å². The molecule has 24 heavy (non-hydrogen) atoms. The number of benzene rings is 2. The summed E-state index contributed by atoms with van der Waals surface area (Å²) < 4.78 is 1.78. The van der Waals surface area contributed by atoms with E-state index in [2.05, 4.69) is 0 Å². The minimum Gasteiger partial charge on any atom is -0.287 e. The second-order valence-electron chi connectivity index (χ2n) is 6.19. The van der Waals surface area contributed by atoms with Crippen molar-refractivity contribution in [1.29, 1.82) is 0 Å².